The highest BCUT2D eigenvalue weighted by atomic mass is 16.2. The van der Waals surface area contributed by atoms with E-state index in [0.717, 1.165) is 56.5 Å². The number of amides is 2. The van der Waals surface area contributed by atoms with E-state index in [4.69, 9.17) is 0 Å². The summed E-state index contributed by atoms with van der Waals surface area (Å²) < 4.78 is 0. The van der Waals surface area contributed by atoms with Crippen molar-refractivity contribution in [1.82, 2.24) is 14.8 Å². The Hall–Kier alpha value is -3.12. The number of para-hydroxylation sites is 1. The van der Waals surface area contributed by atoms with Gasteiger partial charge in [0.25, 0.3) is 0 Å². The molecular formula is C30H36N4O2. The zero-order valence-corrected chi connectivity index (χ0v) is 21.0. The van der Waals surface area contributed by atoms with Crippen molar-refractivity contribution in [2.75, 3.05) is 31.5 Å². The third-order valence-corrected chi connectivity index (χ3v) is 8.35. The van der Waals surface area contributed by atoms with Gasteiger partial charge in [-0.3, -0.25) is 14.5 Å². The molecule has 2 amide bonds. The van der Waals surface area contributed by atoms with Crippen LogP contribution < -0.4 is 5.32 Å². The molecule has 3 aromatic rings. The molecule has 1 aliphatic carbocycles. The first-order chi connectivity index (χ1) is 17.6. The van der Waals surface area contributed by atoms with Gasteiger partial charge in [-0.25, -0.2) is 0 Å². The Morgan fingerprint density at radius 3 is 2.61 bits per heavy atom. The van der Waals surface area contributed by atoms with Crippen molar-refractivity contribution in [2.24, 2.45) is 11.8 Å². The van der Waals surface area contributed by atoms with Crippen LogP contribution in [-0.2, 0) is 29.0 Å². The first-order valence-electron chi connectivity index (χ1n) is 13.6. The summed E-state index contributed by atoms with van der Waals surface area (Å²) in [5.41, 5.74) is 5.98. The lowest BCUT2D eigenvalue weighted by Crippen LogP contribution is -2.50. The summed E-state index contributed by atoms with van der Waals surface area (Å²) in [6.45, 7) is 3.81. The van der Waals surface area contributed by atoms with Gasteiger partial charge in [0.2, 0.25) is 11.8 Å². The average Bonchev–Trinajstić information content (AvgIpc) is 3.55. The first kappa shape index (κ1) is 23.3. The standard InChI is InChI=1S/C30H36N4O2/c35-29(32-26-12-11-21-7-6-8-22(21)16-26)23-15-24(30(36)34-13-4-1-5-14-34)19-33(18-23)20-25-17-31-28-10-3-2-9-27(25)28/h2-3,9-12,16-17,23-24,31H,1,4-8,13-15,18-20H2,(H,32,35)/t23-,24+/m1/s1. The maximum Gasteiger partial charge on any atom is 0.228 e. The fourth-order valence-corrected chi connectivity index (χ4v) is 6.46. The Morgan fingerprint density at radius 2 is 1.72 bits per heavy atom. The summed E-state index contributed by atoms with van der Waals surface area (Å²) >= 11 is 0. The number of aromatic nitrogens is 1. The number of nitrogens with one attached hydrogen (secondary N) is 2. The molecule has 2 aliphatic heterocycles. The number of carbonyl (C=O) groups is 2. The van der Waals surface area contributed by atoms with Crippen LogP contribution in [0.3, 0.4) is 0 Å². The van der Waals surface area contributed by atoms with E-state index in [-0.39, 0.29) is 23.7 Å². The predicted octanol–water partition coefficient (Wildman–Crippen LogP) is 4.75. The predicted molar refractivity (Wildman–Crippen MR) is 143 cm³/mol. The fourth-order valence-electron chi connectivity index (χ4n) is 6.46. The summed E-state index contributed by atoms with van der Waals surface area (Å²) in [7, 11) is 0. The van der Waals surface area contributed by atoms with Gasteiger partial charge in [0.05, 0.1) is 11.8 Å². The van der Waals surface area contributed by atoms with Gasteiger partial charge < -0.3 is 15.2 Å². The van der Waals surface area contributed by atoms with Gasteiger partial charge in [0.1, 0.15) is 0 Å². The van der Waals surface area contributed by atoms with E-state index in [0.29, 0.717) is 19.5 Å². The molecule has 2 fully saturated rings. The molecule has 36 heavy (non-hydrogen) atoms. The third-order valence-electron chi connectivity index (χ3n) is 8.35. The third kappa shape index (κ3) is 4.79. The van der Waals surface area contributed by atoms with E-state index in [1.807, 2.05) is 17.0 Å². The van der Waals surface area contributed by atoms with Crippen LogP contribution in [0.4, 0.5) is 5.69 Å². The van der Waals surface area contributed by atoms with Gasteiger partial charge in [-0.15, -0.1) is 0 Å². The Labute approximate surface area is 213 Å². The molecule has 0 radical (unpaired) electrons. The van der Waals surface area contributed by atoms with Crippen molar-refractivity contribution >= 4 is 28.4 Å². The topological polar surface area (TPSA) is 68.4 Å². The smallest absolute Gasteiger partial charge is 0.228 e. The van der Waals surface area contributed by atoms with Gasteiger partial charge in [0.15, 0.2) is 0 Å². The molecule has 0 unspecified atom stereocenters. The Balaban J connectivity index is 1.21. The number of hydrogen-bond acceptors (Lipinski definition) is 3. The van der Waals surface area contributed by atoms with E-state index in [1.165, 1.54) is 34.9 Å². The average molecular weight is 485 g/mol. The van der Waals surface area contributed by atoms with E-state index in [1.54, 1.807) is 0 Å². The molecule has 3 heterocycles. The molecule has 0 saturated carbocycles. The van der Waals surface area contributed by atoms with Gasteiger partial charge >= 0.3 is 0 Å². The van der Waals surface area contributed by atoms with E-state index in [9.17, 15) is 9.59 Å². The van der Waals surface area contributed by atoms with Crippen molar-refractivity contribution in [3.8, 4) is 0 Å². The van der Waals surface area contributed by atoms with Crippen LogP contribution in [0, 0.1) is 11.8 Å². The summed E-state index contributed by atoms with van der Waals surface area (Å²) in [6.07, 6.45) is 9.48. The molecular weight excluding hydrogens is 448 g/mol. The second-order valence-electron chi connectivity index (χ2n) is 10.9. The number of rotatable bonds is 5. The number of hydrogen-bond donors (Lipinski definition) is 2. The number of anilines is 1. The molecule has 3 aliphatic rings. The summed E-state index contributed by atoms with van der Waals surface area (Å²) in [5.74, 6) is -0.0875. The molecule has 6 nitrogen and oxygen atoms in total. The molecule has 6 rings (SSSR count). The molecule has 188 valence electrons. The number of likely N-dealkylation sites (tertiary alicyclic amines) is 2. The maximum atomic E-state index is 13.5. The van der Waals surface area contributed by atoms with E-state index in [2.05, 4.69) is 51.7 Å². The number of benzene rings is 2. The lowest BCUT2D eigenvalue weighted by Gasteiger charge is -2.39. The lowest BCUT2D eigenvalue weighted by atomic mass is 9.86. The lowest BCUT2D eigenvalue weighted by molar-refractivity contribution is -0.140. The Kier molecular flexibility index (Phi) is 6.53. The number of carbonyl (C=O) groups excluding carboxylic acids is 2. The molecule has 0 bridgehead atoms. The van der Waals surface area contributed by atoms with Crippen LogP contribution in [0.2, 0.25) is 0 Å². The minimum absolute atomic E-state index is 0.0352. The van der Waals surface area contributed by atoms with Crippen molar-refractivity contribution < 1.29 is 9.59 Å². The Bertz CT molecular complexity index is 1260. The number of aromatic amines is 1. The highest BCUT2D eigenvalue weighted by molar-refractivity contribution is 5.93. The largest absolute Gasteiger partial charge is 0.361 e. The van der Waals surface area contributed by atoms with Gasteiger partial charge in [-0.1, -0.05) is 24.3 Å². The van der Waals surface area contributed by atoms with E-state index < -0.39 is 0 Å². The van der Waals surface area contributed by atoms with Crippen molar-refractivity contribution in [2.45, 2.75) is 51.5 Å². The van der Waals surface area contributed by atoms with Gasteiger partial charge in [0, 0.05) is 55.5 Å². The zero-order chi connectivity index (χ0) is 24.5. The van der Waals surface area contributed by atoms with Crippen LogP contribution in [0.1, 0.15) is 48.8 Å². The van der Waals surface area contributed by atoms with Crippen molar-refractivity contribution in [1.29, 1.82) is 0 Å². The van der Waals surface area contributed by atoms with Gasteiger partial charge in [-0.2, -0.15) is 0 Å². The highest BCUT2D eigenvalue weighted by Crippen LogP contribution is 2.30. The number of piperidine rings is 2. The van der Waals surface area contributed by atoms with Crippen LogP contribution >= 0.6 is 0 Å². The van der Waals surface area contributed by atoms with Crippen molar-refractivity contribution in [3.63, 3.8) is 0 Å². The quantitative estimate of drug-likeness (QED) is 0.549. The molecule has 1 aromatic heterocycles. The number of fused-ring (bicyclic) bond motifs is 2. The van der Waals surface area contributed by atoms with Crippen LogP contribution in [0.25, 0.3) is 10.9 Å². The number of H-pyrrole nitrogens is 1. The molecule has 0 spiro atoms. The maximum absolute atomic E-state index is 13.5. The molecule has 2 saturated heterocycles. The molecule has 6 heteroatoms. The fraction of sp³-hybridized carbons (Fsp3) is 0.467. The van der Waals surface area contributed by atoms with Gasteiger partial charge in [-0.05, 0) is 79.8 Å². The molecule has 2 N–H and O–H groups in total. The monoisotopic (exact) mass is 484 g/mol. The normalized spacial score (nSPS) is 22.5. The summed E-state index contributed by atoms with van der Waals surface area (Å²) in [5, 5.41) is 4.40. The zero-order valence-electron chi connectivity index (χ0n) is 21.0. The van der Waals surface area contributed by atoms with Crippen LogP contribution in [-0.4, -0.2) is 52.8 Å². The second kappa shape index (κ2) is 10.1. The second-order valence-corrected chi connectivity index (χ2v) is 10.9. The molecule has 2 aromatic carbocycles. The summed E-state index contributed by atoms with van der Waals surface area (Å²) in [4.78, 5) is 34.8. The SMILES string of the molecule is O=C(Nc1ccc2c(c1)CCC2)[C@@H]1C[C@H](C(=O)N2CCCCC2)CN(Cc2c[nH]c3ccccc23)C1. The summed E-state index contributed by atoms with van der Waals surface area (Å²) in [6, 6.07) is 14.7. The number of aryl methyl sites for hydroxylation is 2. The first-order valence-corrected chi connectivity index (χ1v) is 13.6. The highest BCUT2D eigenvalue weighted by Gasteiger charge is 2.37. The molecule has 2 atom stereocenters. The van der Waals surface area contributed by atoms with Crippen LogP contribution in [0.15, 0.2) is 48.7 Å². The van der Waals surface area contributed by atoms with Crippen molar-refractivity contribution in [3.05, 3.63) is 65.4 Å². The Morgan fingerprint density at radius 1 is 0.917 bits per heavy atom. The number of nitrogens with zero attached hydrogens (tertiary/aromatic N) is 2. The minimum atomic E-state index is -0.212. The van der Waals surface area contributed by atoms with E-state index >= 15 is 0 Å². The van der Waals surface area contributed by atoms with Crippen LogP contribution in [0.5, 0.6) is 0 Å². The minimum Gasteiger partial charge on any atom is -0.361 e.